The second-order valence-electron chi connectivity index (χ2n) is 6.10. The molecule has 1 N–H and O–H groups in total. The van der Waals surface area contributed by atoms with E-state index < -0.39 is 0 Å². The first-order valence-corrected chi connectivity index (χ1v) is 6.20. The monoisotopic (exact) mass is 223 g/mol. The Kier molecular flexibility index (Phi) is 4.35. The zero-order chi connectivity index (χ0) is 12.3. The molecule has 0 aromatic rings. The molecule has 16 heavy (non-hydrogen) atoms. The van der Waals surface area contributed by atoms with Crippen LogP contribution in [0.1, 0.15) is 40.5 Å². The van der Waals surface area contributed by atoms with Gasteiger partial charge in [0.25, 0.3) is 0 Å². The minimum Gasteiger partial charge on any atom is -0.301 e. The molecule has 0 aromatic heterocycles. The first kappa shape index (κ1) is 13.5. The maximum Gasteiger partial charge on any atom is 0.108 e. The van der Waals surface area contributed by atoms with Crippen molar-refractivity contribution in [3.63, 3.8) is 0 Å². The summed E-state index contributed by atoms with van der Waals surface area (Å²) in [5.41, 5.74) is 0.258. The van der Waals surface area contributed by atoms with Gasteiger partial charge in [-0.1, -0.05) is 20.8 Å². The lowest BCUT2D eigenvalue weighted by Gasteiger charge is -2.36. The molecule has 1 saturated carbocycles. The third-order valence-electron chi connectivity index (χ3n) is 3.56. The molecule has 2 atom stereocenters. The summed E-state index contributed by atoms with van der Waals surface area (Å²) < 4.78 is 0. The fourth-order valence-corrected chi connectivity index (χ4v) is 1.77. The zero-order valence-corrected chi connectivity index (χ0v) is 11.2. The lowest BCUT2D eigenvalue weighted by Crippen LogP contribution is -2.46. The number of nitriles is 1. The molecule has 2 unspecified atom stereocenters. The van der Waals surface area contributed by atoms with Gasteiger partial charge in [0.1, 0.15) is 6.04 Å². The van der Waals surface area contributed by atoms with Crippen molar-refractivity contribution in [1.82, 2.24) is 10.2 Å². The van der Waals surface area contributed by atoms with Crippen molar-refractivity contribution in [2.24, 2.45) is 5.41 Å². The fraction of sp³-hybridized carbons (Fsp3) is 0.923. The van der Waals surface area contributed by atoms with Crippen molar-refractivity contribution >= 4 is 0 Å². The molecule has 0 aromatic carbocycles. The van der Waals surface area contributed by atoms with Gasteiger partial charge in [-0.05, 0) is 32.2 Å². The lowest BCUT2D eigenvalue weighted by atomic mass is 9.87. The van der Waals surface area contributed by atoms with Gasteiger partial charge in [0.15, 0.2) is 0 Å². The summed E-state index contributed by atoms with van der Waals surface area (Å²) >= 11 is 0. The first-order valence-electron chi connectivity index (χ1n) is 6.20. The van der Waals surface area contributed by atoms with E-state index in [9.17, 15) is 0 Å². The van der Waals surface area contributed by atoms with Crippen LogP contribution in [0, 0.1) is 16.7 Å². The summed E-state index contributed by atoms with van der Waals surface area (Å²) in [4.78, 5) is 2.28. The van der Waals surface area contributed by atoms with Gasteiger partial charge in [0.05, 0.1) is 6.07 Å². The Labute approximate surface area is 99.8 Å². The van der Waals surface area contributed by atoms with E-state index in [0.29, 0.717) is 12.1 Å². The molecule has 0 spiro atoms. The fourth-order valence-electron chi connectivity index (χ4n) is 1.77. The highest BCUT2D eigenvalue weighted by molar-refractivity contribution is 4.98. The molecule has 3 heteroatoms. The number of rotatable bonds is 5. The Bertz CT molecular complexity index is 257. The van der Waals surface area contributed by atoms with Crippen LogP contribution >= 0.6 is 0 Å². The molecular weight excluding hydrogens is 198 g/mol. The molecule has 92 valence electrons. The van der Waals surface area contributed by atoms with Crippen molar-refractivity contribution in [3.05, 3.63) is 0 Å². The molecule has 0 heterocycles. The van der Waals surface area contributed by atoms with Crippen LogP contribution in [0.2, 0.25) is 0 Å². The quantitative estimate of drug-likeness (QED) is 0.775. The van der Waals surface area contributed by atoms with E-state index in [1.165, 1.54) is 12.8 Å². The second-order valence-corrected chi connectivity index (χ2v) is 6.10. The van der Waals surface area contributed by atoms with Crippen LogP contribution in [0.25, 0.3) is 0 Å². The number of hydrogen-bond acceptors (Lipinski definition) is 3. The van der Waals surface area contributed by atoms with E-state index in [4.69, 9.17) is 5.26 Å². The minimum absolute atomic E-state index is 0.0256. The largest absolute Gasteiger partial charge is 0.301 e. The van der Waals surface area contributed by atoms with E-state index in [2.05, 4.69) is 51.0 Å². The highest BCUT2D eigenvalue weighted by atomic mass is 15.2. The van der Waals surface area contributed by atoms with Crippen molar-refractivity contribution in [3.8, 4) is 6.07 Å². The zero-order valence-electron chi connectivity index (χ0n) is 11.2. The van der Waals surface area contributed by atoms with Crippen molar-refractivity contribution < 1.29 is 0 Å². The third-order valence-corrected chi connectivity index (χ3v) is 3.56. The topological polar surface area (TPSA) is 39.1 Å². The molecule has 0 radical (unpaired) electrons. The van der Waals surface area contributed by atoms with Gasteiger partial charge in [0.2, 0.25) is 0 Å². The van der Waals surface area contributed by atoms with Crippen molar-refractivity contribution in [2.75, 3.05) is 13.6 Å². The smallest absolute Gasteiger partial charge is 0.108 e. The molecular formula is C13H25N3. The van der Waals surface area contributed by atoms with E-state index in [-0.39, 0.29) is 11.5 Å². The summed E-state index contributed by atoms with van der Waals surface area (Å²) in [5.74, 6) is 0. The Morgan fingerprint density at radius 1 is 1.44 bits per heavy atom. The standard InChI is InChI=1S/C13H25N3/c1-10(13(2,3)4)16(5)9-12(8-14)15-11-6-7-11/h10-12,15H,6-7,9H2,1-5H3. The van der Waals surface area contributed by atoms with Gasteiger partial charge >= 0.3 is 0 Å². The van der Waals surface area contributed by atoms with Gasteiger partial charge in [-0.25, -0.2) is 0 Å². The van der Waals surface area contributed by atoms with Gasteiger partial charge in [-0.2, -0.15) is 5.26 Å². The molecule has 3 nitrogen and oxygen atoms in total. The SMILES string of the molecule is CC(N(C)CC(C#N)NC1CC1)C(C)(C)C. The molecule has 1 rings (SSSR count). The van der Waals surface area contributed by atoms with E-state index in [1.807, 2.05) is 0 Å². The summed E-state index contributed by atoms with van der Waals surface area (Å²) in [6, 6.07) is 3.41. The number of nitrogens with one attached hydrogen (secondary N) is 1. The van der Waals surface area contributed by atoms with Crippen LogP contribution in [-0.2, 0) is 0 Å². The summed E-state index contributed by atoms with van der Waals surface area (Å²) in [7, 11) is 2.11. The predicted molar refractivity (Wildman–Crippen MR) is 67.1 cm³/mol. The van der Waals surface area contributed by atoms with Crippen LogP contribution in [0.3, 0.4) is 0 Å². The van der Waals surface area contributed by atoms with Crippen LogP contribution < -0.4 is 5.32 Å². The highest BCUT2D eigenvalue weighted by Crippen LogP contribution is 2.23. The molecule has 1 aliphatic carbocycles. The van der Waals surface area contributed by atoms with Crippen LogP contribution in [0.4, 0.5) is 0 Å². The van der Waals surface area contributed by atoms with Crippen LogP contribution in [0.5, 0.6) is 0 Å². The highest BCUT2D eigenvalue weighted by Gasteiger charge is 2.28. The normalized spacial score (nSPS) is 20.6. The van der Waals surface area contributed by atoms with E-state index >= 15 is 0 Å². The number of hydrogen-bond donors (Lipinski definition) is 1. The Morgan fingerprint density at radius 2 is 2.00 bits per heavy atom. The Hall–Kier alpha value is -0.590. The van der Waals surface area contributed by atoms with Gasteiger partial charge < -0.3 is 4.90 Å². The second kappa shape index (κ2) is 5.16. The molecule has 0 amide bonds. The molecule has 0 aliphatic heterocycles. The molecule has 0 saturated heterocycles. The first-order chi connectivity index (χ1) is 7.34. The average Bonchev–Trinajstić information content (AvgIpc) is 2.97. The molecule has 1 fully saturated rings. The van der Waals surface area contributed by atoms with Crippen LogP contribution in [0.15, 0.2) is 0 Å². The third kappa shape index (κ3) is 4.11. The van der Waals surface area contributed by atoms with Crippen LogP contribution in [-0.4, -0.2) is 36.6 Å². The summed E-state index contributed by atoms with van der Waals surface area (Å²) in [6.45, 7) is 9.76. The van der Waals surface area contributed by atoms with E-state index in [1.54, 1.807) is 0 Å². The predicted octanol–water partition coefficient (Wildman–Crippen LogP) is 2.00. The number of nitrogens with zero attached hydrogens (tertiary/aromatic N) is 2. The molecule has 1 aliphatic rings. The van der Waals surface area contributed by atoms with E-state index in [0.717, 1.165) is 6.54 Å². The summed E-state index contributed by atoms with van der Waals surface area (Å²) in [6.07, 6.45) is 2.47. The maximum absolute atomic E-state index is 9.10. The van der Waals surface area contributed by atoms with Gasteiger partial charge in [0, 0.05) is 18.6 Å². The summed E-state index contributed by atoms with van der Waals surface area (Å²) in [5, 5.41) is 12.5. The lowest BCUT2D eigenvalue weighted by molar-refractivity contribution is 0.135. The Morgan fingerprint density at radius 3 is 2.38 bits per heavy atom. The Balaban J connectivity index is 2.41. The van der Waals surface area contributed by atoms with Crippen molar-refractivity contribution in [1.29, 1.82) is 5.26 Å². The van der Waals surface area contributed by atoms with Gasteiger partial charge in [-0.15, -0.1) is 0 Å². The number of likely N-dealkylation sites (N-methyl/N-ethyl adjacent to an activating group) is 1. The minimum atomic E-state index is -0.0256. The van der Waals surface area contributed by atoms with Crippen molar-refractivity contribution in [2.45, 2.75) is 58.7 Å². The molecule has 0 bridgehead atoms. The average molecular weight is 223 g/mol. The maximum atomic E-state index is 9.10. The van der Waals surface area contributed by atoms with Gasteiger partial charge in [-0.3, -0.25) is 5.32 Å².